The summed E-state index contributed by atoms with van der Waals surface area (Å²) in [5.74, 6) is -2.64. The zero-order valence-electron chi connectivity index (χ0n) is 17.6. The van der Waals surface area contributed by atoms with Gasteiger partial charge in [-0.25, -0.2) is 9.59 Å². The third-order valence-corrected chi connectivity index (χ3v) is 5.83. The number of benzene rings is 2. The average molecular weight is 453 g/mol. The molecule has 0 spiro atoms. The van der Waals surface area contributed by atoms with E-state index in [4.69, 9.17) is 9.84 Å². The molecule has 1 aliphatic carbocycles. The summed E-state index contributed by atoms with van der Waals surface area (Å²) < 4.78 is 5.34. The summed E-state index contributed by atoms with van der Waals surface area (Å²) in [6.07, 6.45) is -0.757. The normalized spacial score (nSPS) is 15.6. The largest absolute Gasteiger partial charge is 0.479 e. The van der Waals surface area contributed by atoms with Crippen molar-refractivity contribution in [3.63, 3.8) is 0 Å². The number of amides is 3. The maximum absolute atomic E-state index is 12.1. The molecule has 4 N–H and O–H groups in total. The molecule has 2 aliphatic rings. The van der Waals surface area contributed by atoms with Gasteiger partial charge in [0.05, 0.1) is 19.6 Å². The Morgan fingerprint density at radius 2 is 1.52 bits per heavy atom. The maximum Gasteiger partial charge on any atom is 0.407 e. The topological polar surface area (TPSA) is 145 Å². The monoisotopic (exact) mass is 453 g/mol. The summed E-state index contributed by atoms with van der Waals surface area (Å²) in [6, 6.07) is 15.9. The van der Waals surface area contributed by atoms with Crippen LogP contribution in [0, 0.1) is 0 Å². The number of ether oxygens (including phenoxy) is 1. The zero-order chi connectivity index (χ0) is 23.6. The van der Waals surface area contributed by atoms with Crippen molar-refractivity contribution in [3.8, 4) is 11.1 Å². The minimum Gasteiger partial charge on any atom is -0.479 e. The first-order valence-corrected chi connectivity index (χ1v) is 10.4. The van der Waals surface area contributed by atoms with Gasteiger partial charge in [0.2, 0.25) is 11.8 Å². The van der Waals surface area contributed by atoms with E-state index in [1.54, 1.807) is 0 Å². The SMILES string of the molecule is O=C(CNC(=O)OCC1c2ccccc2-c2ccccc21)NCC(=O)N1CC(O)(C(=O)O)C1. The fourth-order valence-electron chi connectivity index (χ4n) is 4.05. The molecule has 1 heterocycles. The second-order valence-electron chi connectivity index (χ2n) is 8.04. The van der Waals surface area contributed by atoms with Gasteiger partial charge in [0.15, 0.2) is 5.60 Å². The number of alkyl carbamates (subject to hydrolysis) is 1. The first-order chi connectivity index (χ1) is 15.8. The predicted molar refractivity (Wildman–Crippen MR) is 115 cm³/mol. The van der Waals surface area contributed by atoms with E-state index in [0.717, 1.165) is 27.2 Å². The number of hydrogen-bond donors (Lipinski definition) is 4. The van der Waals surface area contributed by atoms with Crippen LogP contribution >= 0.6 is 0 Å². The van der Waals surface area contributed by atoms with Gasteiger partial charge in [0.1, 0.15) is 13.2 Å². The Balaban J connectivity index is 1.20. The molecule has 10 heteroatoms. The number of carbonyl (C=O) groups excluding carboxylic acids is 3. The van der Waals surface area contributed by atoms with Crippen LogP contribution in [0.1, 0.15) is 17.0 Å². The van der Waals surface area contributed by atoms with Gasteiger partial charge < -0.3 is 30.5 Å². The number of rotatable bonds is 7. The summed E-state index contributed by atoms with van der Waals surface area (Å²) in [4.78, 5) is 47.9. The number of fused-ring (bicyclic) bond motifs is 3. The number of carbonyl (C=O) groups is 4. The van der Waals surface area contributed by atoms with E-state index in [1.807, 2.05) is 48.5 Å². The average Bonchev–Trinajstić information content (AvgIpc) is 3.11. The van der Waals surface area contributed by atoms with Crippen LogP contribution in [-0.4, -0.2) is 77.4 Å². The molecule has 3 amide bonds. The van der Waals surface area contributed by atoms with E-state index in [1.165, 1.54) is 0 Å². The molecule has 2 aromatic carbocycles. The molecule has 0 bridgehead atoms. The van der Waals surface area contributed by atoms with Crippen molar-refractivity contribution in [3.05, 3.63) is 59.7 Å². The number of β-amino-alcohol motifs (C(OH)–C–C–N with tert-alkyl or cyclic N) is 1. The smallest absolute Gasteiger partial charge is 0.407 e. The number of likely N-dealkylation sites (tertiary alicyclic amines) is 1. The first kappa shape index (κ1) is 22.3. The molecule has 172 valence electrons. The van der Waals surface area contributed by atoms with Crippen molar-refractivity contribution >= 4 is 23.9 Å². The Morgan fingerprint density at radius 1 is 0.939 bits per heavy atom. The lowest BCUT2D eigenvalue weighted by atomic mass is 9.94. The van der Waals surface area contributed by atoms with Gasteiger partial charge in [-0.05, 0) is 22.3 Å². The highest BCUT2D eigenvalue weighted by Gasteiger charge is 2.49. The van der Waals surface area contributed by atoms with Gasteiger partial charge in [-0.2, -0.15) is 0 Å². The summed E-state index contributed by atoms with van der Waals surface area (Å²) in [5, 5.41) is 23.1. The Hall–Kier alpha value is -3.92. The van der Waals surface area contributed by atoms with Gasteiger partial charge in [-0.1, -0.05) is 48.5 Å². The minimum atomic E-state index is -1.94. The van der Waals surface area contributed by atoms with Crippen LogP contribution in [0.2, 0.25) is 0 Å². The van der Waals surface area contributed by atoms with Gasteiger partial charge in [0.25, 0.3) is 0 Å². The van der Waals surface area contributed by atoms with Crippen LogP contribution in [0.4, 0.5) is 4.79 Å². The fraction of sp³-hybridized carbons (Fsp3) is 0.304. The lowest BCUT2D eigenvalue weighted by Gasteiger charge is -2.43. The third-order valence-electron chi connectivity index (χ3n) is 5.83. The third kappa shape index (κ3) is 4.51. The molecule has 1 aliphatic heterocycles. The molecule has 0 unspecified atom stereocenters. The molecule has 2 aromatic rings. The van der Waals surface area contributed by atoms with E-state index < -0.39 is 29.5 Å². The van der Waals surface area contributed by atoms with Crippen molar-refractivity contribution in [2.45, 2.75) is 11.5 Å². The van der Waals surface area contributed by atoms with E-state index in [9.17, 15) is 24.3 Å². The van der Waals surface area contributed by atoms with Crippen molar-refractivity contribution in [2.75, 3.05) is 32.8 Å². The number of hydrogen-bond acceptors (Lipinski definition) is 6. The molecule has 10 nitrogen and oxygen atoms in total. The quantitative estimate of drug-likeness (QED) is 0.472. The van der Waals surface area contributed by atoms with Crippen molar-refractivity contribution in [1.82, 2.24) is 15.5 Å². The number of carboxylic acids is 1. The molecule has 1 fully saturated rings. The molecule has 0 aromatic heterocycles. The van der Waals surface area contributed by atoms with Crippen LogP contribution in [0.3, 0.4) is 0 Å². The Kier molecular flexibility index (Phi) is 6.01. The number of nitrogens with one attached hydrogen (secondary N) is 2. The van der Waals surface area contributed by atoms with Gasteiger partial charge in [0, 0.05) is 5.92 Å². The summed E-state index contributed by atoms with van der Waals surface area (Å²) >= 11 is 0. The van der Waals surface area contributed by atoms with Crippen LogP contribution in [0.25, 0.3) is 11.1 Å². The zero-order valence-corrected chi connectivity index (χ0v) is 17.6. The van der Waals surface area contributed by atoms with E-state index >= 15 is 0 Å². The van der Waals surface area contributed by atoms with Crippen molar-refractivity contribution < 1.29 is 34.1 Å². The maximum atomic E-state index is 12.1. The number of aliphatic hydroxyl groups is 1. The van der Waals surface area contributed by atoms with Gasteiger partial charge in [-0.15, -0.1) is 0 Å². The van der Waals surface area contributed by atoms with Crippen LogP contribution < -0.4 is 10.6 Å². The number of nitrogens with zero attached hydrogens (tertiary/aromatic N) is 1. The number of carboxylic acid groups (broad SMARTS) is 1. The molecule has 4 rings (SSSR count). The highest BCUT2D eigenvalue weighted by Crippen LogP contribution is 2.44. The molecule has 0 radical (unpaired) electrons. The summed E-state index contributed by atoms with van der Waals surface area (Å²) in [7, 11) is 0. The van der Waals surface area contributed by atoms with E-state index in [2.05, 4.69) is 10.6 Å². The highest BCUT2D eigenvalue weighted by atomic mass is 16.5. The molecular formula is C23H23N3O7. The second-order valence-corrected chi connectivity index (χ2v) is 8.04. The molecule has 0 saturated carbocycles. The fourth-order valence-corrected chi connectivity index (χ4v) is 4.05. The Bertz CT molecular complexity index is 1070. The van der Waals surface area contributed by atoms with Crippen LogP contribution in [0.15, 0.2) is 48.5 Å². The molecule has 0 atom stereocenters. The lowest BCUT2D eigenvalue weighted by Crippen LogP contribution is -2.68. The minimum absolute atomic E-state index is 0.101. The Morgan fingerprint density at radius 3 is 2.09 bits per heavy atom. The van der Waals surface area contributed by atoms with E-state index in [-0.39, 0.29) is 38.7 Å². The molecular weight excluding hydrogens is 430 g/mol. The van der Waals surface area contributed by atoms with Gasteiger partial charge >= 0.3 is 12.1 Å². The van der Waals surface area contributed by atoms with Crippen LogP contribution in [-0.2, 0) is 19.1 Å². The van der Waals surface area contributed by atoms with Crippen LogP contribution in [0.5, 0.6) is 0 Å². The van der Waals surface area contributed by atoms with E-state index in [0.29, 0.717) is 0 Å². The Labute approximate surface area is 189 Å². The molecule has 1 saturated heterocycles. The molecule has 33 heavy (non-hydrogen) atoms. The lowest BCUT2D eigenvalue weighted by molar-refractivity contribution is -0.181. The first-order valence-electron chi connectivity index (χ1n) is 10.4. The summed E-state index contributed by atoms with van der Waals surface area (Å²) in [5.41, 5.74) is 2.42. The standard InChI is InChI=1S/C23H23N3O7/c27-19(24-10-20(28)26-12-23(32,13-26)21(29)30)9-25-22(31)33-11-18-16-7-3-1-5-14(16)15-6-2-4-8-17(15)18/h1-8,18,32H,9-13H2,(H,24,27)(H,25,31)(H,29,30). The van der Waals surface area contributed by atoms with Crippen molar-refractivity contribution in [2.24, 2.45) is 0 Å². The number of aliphatic carboxylic acids is 1. The second kappa shape index (κ2) is 8.91. The van der Waals surface area contributed by atoms with Gasteiger partial charge in [-0.3, -0.25) is 9.59 Å². The predicted octanol–water partition coefficient (Wildman–Crippen LogP) is 0.299. The van der Waals surface area contributed by atoms with Crippen molar-refractivity contribution in [1.29, 1.82) is 0 Å². The highest BCUT2D eigenvalue weighted by molar-refractivity contribution is 5.89. The summed E-state index contributed by atoms with van der Waals surface area (Å²) in [6.45, 7) is -1.32.